The molecule has 10 nitrogen and oxygen atoms in total. The van der Waals surface area contributed by atoms with Gasteiger partial charge in [0, 0.05) is 39.9 Å². The molecular weight excluding hydrogens is 601 g/mol. The summed E-state index contributed by atoms with van der Waals surface area (Å²) in [4.78, 5) is 43.9. The molecule has 236 valence electrons. The Labute approximate surface area is 260 Å². The van der Waals surface area contributed by atoms with Crippen LogP contribution in [0.4, 0.5) is 9.59 Å². The lowest BCUT2D eigenvalue weighted by Gasteiger charge is -2.50. The molecule has 0 aliphatic carbocycles. The molecule has 2 heterocycles. The highest BCUT2D eigenvalue weighted by Crippen LogP contribution is 2.42. The molecular formula is C29H45Cl2N3O7Si. The van der Waals surface area contributed by atoms with E-state index in [4.69, 9.17) is 42.1 Å². The number of carbonyl (C=O) groups excluding carboxylic acids is 3. The lowest BCUT2D eigenvalue weighted by atomic mass is 9.98. The highest BCUT2D eigenvalue weighted by Gasteiger charge is 2.46. The number of hydrogen-bond acceptors (Lipinski definition) is 7. The fourth-order valence-electron chi connectivity index (χ4n) is 4.50. The van der Waals surface area contributed by atoms with Crippen molar-refractivity contribution < 1.29 is 33.3 Å². The zero-order valence-electron chi connectivity index (χ0n) is 26.2. The molecule has 1 atom stereocenters. The van der Waals surface area contributed by atoms with E-state index in [0.29, 0.717) is 31.0 Å². The van der Waals surface area contributed by atoms with Crippen molar-refractivity contribution in [1.82, 2.24) is 14.7 Å². The Morgan fingerprint density at radius 3 is 2.12 bits per heavy atom. The van der Waals surface area contributed by atoms with Crippen LogP contribution in [-0.2, 0) is 19.0 Å². The van der Waals surface area contributed by atoms with Crippen LogP contribution in [0.2, 0.25) is 35.7 Å². The van der Waals surface area contributed by atoms with Crippen molar-refractivity contribution in [3.63, 3.8) is 0 Å². The average molecular weight is 647 g/mol. The maximum absolute atomic E-state index is 13.4. The van der Waals surface area contributed by atoms with Crippen molar-refractivity contribution in [3.05, 3.63) is 27.7 Å². The third-order valence-electron chi connectivity index (χ3n) is 6.67. The van der Waals surface area contributed by atoms with Gasteiger partial charge < -0.3 is 28.7 Å². The molecule has 2 fully saturated rings. The van der Waals surface area contributed by atoms with Gasteiger partial charge in [0.1, 0.15) is 23.5 Å². The number of hydrogen-bond donors (Lipinski definition) is 0. The number of rotatable bonds is 8. The number of piperazine rings is 1. The standard InChI is InChI=1S/C29H45Cl2N3O7Si/c1-28(2,3)40-26(36)32-14-19(15-32)33-16-21(34(17-23(33)35)27(37)41-29(4,5)6)24-22(11-10-20(30)25(24)31)39-18-38-12-13-42(7,8)9/h10-11,19,21H,12-18H2,1-9H3. The second-order valence-corrected chi connectivity index (χ2v) is 20.4. The first-order valence-corrected chi connectivity index (χ1v) is 18.7. The molecule has 0 radical (unpaired) electrons. The second kappa shape index (κ2) is 13.2. The number of halogens is 2. The maximum Gasteiger partial charge on any atom is 0.411 e. The molecule has 13 heteroatoms. The van der Waals surface area contributed by atoms with E-state index in [0.717, 1.165) is 6.04 Å². The number of likely N-dealkylation sites (tertiary alicyclic amines) is 1. The molecule has 2 saturated heterocycles. The smallest absolute Gasteiger partial charge is 0.411 e. The minimum atomic E-state index is -1.28. The number of benzene rings is 1. The van der Waals surface area contributed by atoms with Gasteiger partial charge in [-0.1, -0.05) is 42.8 Å². The van der Waals surface area contributed by atoms with E-state index in [9.17, 15) is 14.4 Å². The average Bonchev–Trinajstić information content (AvgIpc) is 2.78. The van der Waals surface area contributed by atoms with Crippen molar-refractivity contribution in [2.24, 2.45) is 0 Å². The molecule has 1 unspecified atom stereocenters. The fraction of sp³-hybridized carbons (Fsp3) is 0.690. The predicted octanol–water partition coefficient (Wildman–Crippen LogP) is 6.42. The van der Waals surface area contributed by atoms with E-state index >= 15 is 0 Å². The van der Waals surface area contributed by atoms with Crippen LogP contribution < -0.4 is 4.74 Å². The molecule has 0 saturated carbocycles. The molecule has 3 amide bonds. The third kappa shape index (κ3) is 9.39. The Bertz CT molecular complexity index is 1160. The van der Waals surface area contributed by atoms with E-state index in [2.05, 4.69) is 19.6 Å². The SMILES string of the molecule is CC(C)(C)OC(=O)N1CC(N2CC(c3c(OCOCC[Si](C)(C)C)ccc(Cl)c3Cl)N(C(=O)OC(C)(C)C)CC2=O)C1. The fourth-order valence-corrected chi connectivity index (χ4v) is 5.70. The summed E-state index contributed by atoms with van der Waals surface area (Å²) < 4.78 is 22.9. The molecule has 1 aromatic carbocycles. The van der Waals surface area contributed by atoms with Gasteiger partial charge in [-0.15, -0.1) is 0 Å². The second-order valence-electron chi connectivity index (χ2n) is 14.0. The minimum Gasteiger partial charge on any atom is -0.467 e. The van der Waals surface area contributed by atoms with E-state index in [1.54, 1.807) is 63.5 Å². The zero-order valence-corrected chi connectivity index (χ0v) is 28.7. The summed E-state index contributed by atoms with van der Waals surface area (Å²) >= 11 is 13.2. The van der Waals surface area contributed by atoms with Crippen LogP contribution in [0.1, 0.15) is 53.1 Å². The van der Waals surface area contributed by atoms with Gasteiger partial charge in [0.25, 0.3) is 0 Å². The van der Waals surface area contributed by atoms with Gasteiger partial charge in [0.2, 0.25) is 5.91 Å². The monoisotopic (exact) mass is 645 g/mol. The number of ether oxygens (including phenoxy) is 4. The van der Waals surface area contributed by atoms with Gasteiger partial charge in [0.15, 0.2) is 6.79 Å². The van der Waals surface area contributed by atoms with Crippen molar-refractivity contribution in [1.29, 1.82) is 0 Å². The third-order valence-corrected chi connectivity index (χ3v) is 9.20. The van der Waals surface area contributed by atoms with E-state index in [-0.39, 0.29) is 41.9 Å². The largest absolute Gasteiger partial charge is 0.467 e. The van der Waals surface area contributed by atoms with Crippen LogP contribution >= 0.6 is 23.2 Å². The van der Waals surface area contributed by atoms with Crippen molar-refractivity contribution >= 4 is 49.4 Å². The molecule has 2 aliphatic heterocycles. The summed E-state index contributed by atoms with van der Waals surface area (Å²) in [5.41, 5.74) is -0.948. The van der Waals surface area contributed by atoms with Gasteiger partial charge in [-0.3, -0.25) is 9.69 Å². The summed E-state index contributed by atoms with van der Waals surface area (Å²) in [6, 6.07) is 3.32. The molecule has 3 rings (SSSR count). The van der Waals surface area contributed by atoms with Crippen LogP contribution in [0.25, 0.3) is 0 Å². The van der Waals surface area contributed by atoms with Gasteiger partial charge >= 0.3 is 12.2 Å². The summed E-state index contributed by atoms with van der Waals surface area (Å²) in [6.45, 7) is 18.6. The first-order chi connectivity index (χ1) is 19.3. The molecule has 0 N–H and O–H groups in total. The Balaban J connectivity index is 1.87. The summed E-state index contributed by atoms with van der Waals surface area (Å²) in [7, 11) is -1.28. The molecule has 0 bridgehead atoms. The lowest BCUT2D eigenvalue weighted by Crippen LogP contribution is -2.67. The normalized spacial score (nSPS) is 18.6. The molecule has 0 aromatic heterocycles. The number of amides is 3. The van der Waals surface area contributed by atoms with Crippen molar-refractivity contribution in [3.8, 4) is 5.75 Å². The van der Waals surface area contributed by atoms with Crippen molar-refractivity contribution in [2.45, 2.75) is 90.5 Å². The predicted molar refractivity (Wildman–Crippen MR) is 165 cm³/mol. The van der Waals surface area contributed by atoms with Crippen LogP contribution in [0.5, 0.6) is 5.75 Å². The zero-order chi connectivity index (χ0) is 31.6. The van der Waals surface area contributed by atoms with Crippen LogP contribution in [0.15, 0.2) is 12.1 Å². The van der Waals surface area contributed by atoms with Crippen molar-refractivity contribution in [2.75, 3.05) is 39.6 Å². The van der Waals surface area contributed by atoms with E-state index < -0.39 is 37.5 Å². The Hall–Kier alpha value is -2.21. The van der Waals surface area contributed by atoms with Crippen LogP contribution in [0.3, 0.4) is 0 Å². The lowest BCUT2D eigenvalue weighted by molar-refractivity contribution is -0.145. The number of carbonyl (C=O) groups is 3. The first kappa shape index (κ1) is 34.3. The first-order valence-electron chi connectivity index (χ1n) is 14.2. The maximum atomic E-state index is 13.4. The highest BCUT2D eigenvalue weighted by molar-refractivity contribution is 6.76. The summed E-state index contributed by atoms with van der Waals surface area (Å²) in [5, 5.41) is 0.499. The summed E-state index contributed by atoms with van der Waals surface area (Å²) in [6.07, 6.45) is -1.09. The molecule has 0 spiro atoms. The quantitative estimate of drug-likeness (QED) is 0.183. The summed E-state index contributed by atoms with van der Waals surface area (Å²) in [5.74, 6) is 0.135. The van der Waals surface area contributed by atoms with Crippen LogP contribution in [0, 0.1) is 0 Å². The molecule has 42 heavy (non-hydrogen) atoms. The van der Waals surface area contributed by atoms with Gasteiger partial charge in [0.05, 0.1) is 22.1 Å². The van der Waals surface area contributed by atoms with Gasteiger partial charge in [-0.2, -0.15) is 0 Å². The van der Waals surface area contributed by atoms with E-state index in [1.165, 1.54) is 4.90 Å². The van der Waals surface area contributed by atoms with Crippen LogP contribution in [-0.4, -0.2) is 97.7 Å². The Morgan fingerprint density at radius 2 is 1.55 bits per heavy atom. The topological polar surface area (TPSA) is 97.9 Å². The van der Waals surface area contributed by atoms with Gasteiger partial charge in [-0.05, 0) is 59.7 Å². The Kier molecular flexibility index (Phi) is 10.8. The van der Waals surface area contributed by atoms with E-state index in [1.807, 2.05) is 0 Å². The molecule has 1 aromatic rings. The van der Waals surface area contributed by atoms with Gasteiger partial charge in [-0.25, -0.2) is 9.59 Å². The molecule has 2 aliphatic rings. The number of nitrogens with zero attached hydrogens (tertiary/aromatic N) is 3. The highest BCUT2D eigenvalue weighted by atomic mass is 35.5. The minimum absolute atomic E-state index is 0.00921. The Morgan fingerprint density at radius 1 is 0.952 bits per heavy atom.